The van der Waals surface area contributed by atoms with Crippen molar-refractivity contribution in [3.8, 4) is 5.69 Å². The molecule has 1 aromatic carbocycles. The molecule has 2 heterocycles. The van der Waals surface area contributed by atoms with Crippen LogP contribution < -0.4 is 0 Å². The van der Waals surface area contributed by atoms with E-state index in [2.05, 4.69) is 20.4 Å². The fourth-order valence-corrected chi connectivity index (χ4v) is 3.16. The highest BCUT2D eigenvalue weighted by Crippen LogP contribution is 2.17. The zero-order valence-corrected chi connectivity index (χ0v) is 16.0. The molecule has 0 radical (unpaired) electrons. The van der Waals surface area contributed by atoms with Gasteiger partial charge in [0.05, 0.1) is 12.2 Å². The highest BCUT2D eigenvalue weighted by Gasteiger charge is 2.22. The predicted octanol–water partition coefficient (Wildman–Crippen LogP) is 0.207. The van der Waals surface area contributed by atoms with Crippen LogP contribution in [-0.2, 0) is 4.79 Å². The summed E-state index contributed by atoms with van der Waals surface area (Å²) in [5.41, 5.74) is 2.43. The van der Waals surface area contributed by atoms with Gasteiger partial charge in [0.1, 0.15) is 6.33 Å². The molecule has 144 valence electrons. The zero-order valence-electron chi connectivity index (χ0n) is 16.0. The summed E-state index contributed by atoms with van der Waals surface area (Å²) >= 11 is 0. The number of aryl methyl sites for hydroxylation is 1. The maximum absolute atomic E-state index is 12.9. The number of benzene rings is 1. The molecule has 2 aromatic rings. The molecule has 0 saturated carbocycles. The van der Waals surface area contributed by atoms with Crippen LogP contribution in [-0.4, -0.2) is 93.5 Å². The molecule has 1 saturated heterocycles. The minimum atomic E-state index is 0.0159. The average molecular weight is 371 g/mol. The van der Waals surface area contributed by atoms with Crippen LogP contribution in [0, 0.1) is 6.92 Å². The van der Waals surface area contributed by atoms with E-state index in [1.807, 2.05) is 30.0 Å². The summed E-state index contributed by atoms with van der Waals surface area (Å²) in [5.74, 6) is 0.103. The largest absolute Gasteiger partial charge is 0.348 e. The first-order valence-electron chi connectivity index (χ1n) is 9.01. The molecule has 0 spiro atoms. The lowest BCUT2D eigenvalue weighted by molar-refractivity contribution is -0.129. The second-order valence-corrected chi connectivity index (χ2v) is 6.97. The number of carbonyl (C=O) groups excluding carboxylic acids is 2. The van der Waals surface area contributed by atoms with Gasteiger partial charge >= 0.3 is 0 Å². The monoisotopic (exact) mass is 371 g/mol. The van der Waals surface area contributed by atoms with Gasteiger partial charge in [0, 0.05) is 45.8 Å². The molecular formula is C18H25N7O2. The first kappa shape index (κ1) is 19.0. The number of amides is 2. The van der Waals surface area contributed by atoms with Crippen molar-refractivity contribution in [1.29, 1.82) is 0 Å². The molecule has 2 amide bonds. The topological polar surface area (TPSA) is 87.5 Å². The molecular weight excluding hydrogens is 346 g/mol. The van der Waals surface area contributed by atoms with Gasteiger partial charge in [-0.3, -0.25) is 14.5 Å². The fraction of sp³-hybridized carbons (Fsp3) is 0.500. The number of aromatic nitrogens is 4. The summed E-state index contributed by atoms with van der Waals surface area (Å²) in [5, 5.41) is 11.2. The van der Waals surface area contributed by atoms with E-state index in [9.17, 15) is 9.59 Å². The first-order valence-corrected chi connectivity index (χ1v) is 9.01. The van der Waals surface area contributed by atoms with E-state index in [0.29, 0.717) is 31.7 Å². The van der Waals surface area contributed by atoms with Gasteiger partial charge in [-0.25, -0.2) is 4.68 Å². The maximum atomic E-state index is 12.9. The Hall–Kier alpha value is -2.81. The van der Waals surface area contributed by atoms with Crippen molar-refractivity contribution in [3.05, 3.63) is 35.7 Å². The fourth-order valence-electron chi connectivity index (χ4n) is 3.16. The lowest BCUT2D eigenvalue weighted by Gasteiger charge is -2.23. The molecule has 9 nitrogen and oxygen atoms in total. The Morgan fingerprint density at radius 3 is 2.63 bits per heavy atom. The van der Waals surface area contributed by atoms with E-state index in [0.717, 1.165) is 24.2 Å². The second-order valence-electron chi connectivity index (χ2n) is 6.97. The minimum Gasteiger partial charge on any atom is -0.348 e. The van der Waals surface area contributed by atoms with Crippen molar-refractivity contribution < 1.29 is 9.59 Å². The second kappa shape index (κ2) is 8.26. The molecule has 0 atom stereocenters. The van der Waals surface area contributed by atoms with E-state index in [-0.39, 0.29) is 11.8 Å². The van der Waals surface area contributed by atoms with Crippen molar-refractivity contribution >= 4 is 11.8 Å². The molecule has 1 fully saturated rings. The molecule has 27 heavy (non-hydrogen) atoms. The Balaban J connectivity index is 1.66. The van der Waals surface area contributed by atoms with Gasteiger partial charge in [-0.2, -0.15) is 0 Å². The van der Waals surface area contributed by atoms with Crippen LogP contribution in [0.25, 0.3) is 5.69 Å². The summed E-state index contributed by atoms with van der Waals surface area (Å²) < 4.78 is 1.58. The predicted molar refractivity (Wildman–Crippen MR) is 99.5 cm³/mol. The summed E-state index contributed by atoms with van der Waals surface area (Å²) in [6, 6.07) is 5.54. The molecule has 9 heteroatoms. The van der Waals surface area contributed by atoms with Crippen LogP contribution >= 0.6 is 0 Å². The van der Waals surface area contributed by atoms with Crippen molar-refractivity contribution in [2.24, 2.45) is 0 Å². The van der Waals surface area contributed by atoms with Crippen LogP contribution in [0.3, 0.4) is 0 Å². The number of rotatable bonds is 4. The van der Waals surface area contributed by atoms with E-state index >= 15 is 0 Å². The molecule has 0 aliphatic carbocycles. The highest BCUT2D eigenvalue weighted by molar-refractivity contribution is 5.94. The van der Waals surface area contributed by atoms with Gasteiger partial charge in [0.25, 0.3) is 5.91 Å². The maximum Gasteiger partial charge on any atom is 0.253 e. The molecule has 3 rings (SSSR count). The minimum absolute atomic E-state index is 0.0159. The summed E-state index contributed by atoms with van der Waals surface area (Å²) in [6.07, 6.45) is 2.39. The van der Waals surface area contributed by atoms with Gasteiger partial charge in [-0.15, -0.1) is 5.10 Å². The Labute approximate surface area is 158 Å². The molecule has 0 unspecified atom stereocenters. The Kier molecular flexibility index (Phi) is 5.80. The Morgan fingerprint density at radius 1 is 1.15 bits per heavy atom. The SMILES string of the molecule is Cc1cc(C(=O)N2CCCN(CC(=O)N(C)C)CC2)ccc1-n1cnnn1. The van der Waals surface area contributed by atoms with E-state index in [1.54, 1.807) is 23.7 Å². The average Bonchev–Trinajstić information content (AvgIpc) is 3.07. The van der Waals surface area contributed by atoms with Crippen LogP contribution in [0.2, 0.25) is 0 Å². The molecule has 0 N–H and O–H groups in total. The molecule has 0 bridgehead atoms. The highest BCUT2D eigenvalue weighted by atomic mass is 16.2. The third kappa shape index (κ3) is 4.48. The van der Waals surface area contributed by atoms with Crippen LogP contribution in [0.15, 0.2) is 24.5 Å². The summed E-state index contributed by atoms with van der Waals surface area (Å²) in [6.45, 7) is 5.17. The van der Waals surface area contributed by atoms with Crippen LogP contribution in [0.4, 0.5) is 0 Å². The molecule has 1 aliphatic rings. The molecule has 1 aromatic heterocycles. The normalized spacial score (nSPS) is 15.4. The zero-order chi connectivity index (χ0) is 19.4. The van der Waals surface area contributed by atoms with Crippen LogP contribution in [0.5, 0.6) is 0 Å². The number of carbonyl (C=O) groups is 2. The quantitative estimate of drug-likeness (QED) is 0.763. The van der Waals surface area contributed by atoms with Gasteiger partial charge in [-0.05, 0) is 47.5 Å². The third-order valence-electron chi connectivity index (χ3n) is 4.77. The van der Waals surface area contributed by atoms with Gasteiger partial charge < -0.3 is 9.80 Å². The number of likely N-dealkylation sites (N-methyl/N-ethyl adjacent to an activating group) is 1. The lowest BCUT2D eigenvalue weighted by atomic mass is 10.1. The summed E-state index contributed by atoms with van der Waals surface area (Å²) in [4.78, 5) is 30.4. The van der Waals surface area contributed by atoms with Crippen molar-refractivity contribution in [2.75, 3.05) is 46.8 Å². The Bertz CT molecular complexity index is 804. The van der Waals surface area contributed by atoms with E-state index < -0.39 is 0 Å². The third-order valence-corrected chi connectivity index (χ3v) is 4.77. The van der Waals surface area contributed by atoms with Gasteiger partial charge in [0.2, 0.25) is 5.91 Å². The summed E-state index contributed by atoms with van der Waals surface area (Å²) in [7, 11) is 3.52. The van der Waals surface area contributed by atoms with Crippen molar-refractivity contribution in [2.45, 2.75) is 13.3 Å². The molecule has 1 aliphatic heterocycles. The van der Waals surface area contributed by atoms with E-state index in [4.69, 9.17) is 0 Å². The van der Waals surface area contributed by atoms with Crippen molar-refractivity contribution in [3.63, 3.8) is 0 Å². The standard InChI is InChI=1S/C18H25N7O2/c1-14-11-15(5-6-16(14)25-13-19-20-21-25)18(27)24-8-4-7-23(9-10-24)12-17(26)22(2)3/h5-6,11,13H,4,7-10,12H2,1-3H3. The van der Waals surface area contributed by atoms with Crippen molar-refractivity contribution in [1.82, 2.24) is 34.9 Å². The van der Waals surface area contributed by atoms with Gasteiger partial charge in [-0.1, -0.05) is 0 Å². The Morgan fingerprint density at radius 2 is 1.96 bits per heavy atom. The van der Waals surface area contributed by atoms with Gasteiger partial charge in [0.15, 0.2) is 0 Å². The van der Waals surface area contributed by atoms with E-state index in [1.165, 1.54) is 6.33 Å². The number of nitrogens with zero attached hydrogens (tertiary/aromatic N) is 7. The number of hydrogen-bond acceptors (Lipinski definition) is 6. The first-order chi connectivity index (χ1) is 13.0. The number of tetrazole rings is 1. The smallest absolute Gasteiger partial charge is 0.253 e. The van der Waals surface area contributed by atoms with Crippen LogP contribution in [0.1, 0.15) is 22.3 Å². The lowest BCUT2D eigenvalue weighted by Crippen LogP contribution is -2.39. The number of hydrogen-bond donors (Lipinski definition) is 0.